The monoisotopic (exact) mass is 343 g/mol. The topological polar surface area (TPSA) is 69.7 Å². The van der Waals surface area contributed by atoms with Crippen molar-refractivity contribution in [3.63, 3.8) is 0 Å². The molecule has 0 radical (unpaired) electrons. The average Bonchev–Trinajstić information content (AvgIpc) is 2.59. The Hall–Kier alpha value is -2.44. The van der Waals surface area contributed by atoms with Crippen molar-refractivity contribution in [1.82, 2.24) is 20.1 Å². The number of nitrogens with zero attached hydrogens (tertiary/aromatic N) is 3. The van der Waals surface area contributed by atoms with E-state index in [0.29, 0.717) is 13.1 Å². The molecule has 7 nitrogen and oxygen atoms in total. The minimum Gasteiger partial charge on any atom is -0.444 e. The maximum absolute atomic E-state index is 12.4. The van der Waals surface area contributed by atoms with Gasteiger partial charge in [0.1, 0.15) is 11.4 Å². The van der Waals surface area contributed by atoms with Gasteiger partial charge in [-0.1, -0.05) is 0 Å². The first-order valence-electron chi connectivity index (χ1n) is 8.83. The molecule has 25 heavy (non-hydrogen) atoms. The molecular formula is C18H25N5O2. The molecule has 3 aliphatic rings. The Kier molecular flexibility index (Phi) is 3.74. The predicted octanol–water partition coefficient (Wildman–Crippen LogP) is 1.70. The first kappa shape index (κ1) is 16.1. The normalized spacial score (nSPS) is 22.3. The average molecular weight is 343 g/mol. The van der Waals surface area contributed by atoms with E-state index < -0.39 is 5.60 Å². The van der Waals surface area contributed by atoms with Crippen molar-refractivity contribution in [3.8, 4) is 0 Å². The van der Waals surface area contributed by atoms with Gasteiger partial charge in [0.25, 0.3) is 0 Å². The van der Waals surface area contributed by atoms with Crippen LogP contribution in [0.3, 0.4) is 0 Å². The van der Waals surface area contributed by atoms with Gasteiger partial charge in [-0.05, 0) is 32.9 Å². The molecule has 1 aromatic heterocycles. The molecule has 2 N–H and O–H groups in total. The predicted molar refractivity (Wildman–Crippen MR) is 96.0 cm³/mol. The summed E-state index contributed by atoms with van der Waals surface area (Å²) in [4.78, 5) is 21.1. The highest BCUT2D eigenvalue weighted by atomic mass is 16.6. The van der Waals surface area contributed by atoms with Crippen LogP contribution in [0.2, 0.25) is 0 Å². The van der Waals surface area contributed by atoms with E-state index in [1.807, 2.05) is 37.9 Å². The van der Waals surface area contributed by atoms with E-state index in [9.17, 15) is 4.79 Å². The lowest BCUT2D eigenvalue weighted by Gasteiger charge is -2.48. The van der Waals surface area contributed by atoms with Gasteiger partial charge >= 0.3 is 6.09 Å². The summed E-state index contributed by atoms with van der Waals surface area (Å²) in [5, 5.41) is 6.91. The summed E-state index contributed by atoms with van der Waals surface area (Å²) in [6.45, 7) is 9.44. The number of piperazine rings is 1. The molecule has 1 atom stereocenters. The van der Waals surface area contributed by atoms with Crippen LogP contribution in [0.25, 0.3) is 5.70 Å². The van der Waals surface area contributed by atoms with Crippen molar-refractivity contribution in [1.29, 1.82) is 0 Å². The van der Waals surface area contributed by atoms with Crippen molar-refractivity contribution in [2.75, 3.05) is 38.0 Å². The number of ether oxygens (including phenoxy) is 1. The summed E-state index contributed by atoms with van der Waals surface area (Å²) >= 11 is 0. The molecule has 4 rings (SSSR count). The van der Waals surface area contributed by atoms with E-state index in [1.54, 1.807) is 0 Å². The lowest BCUT2D eigenvalue weighted by Crippen LogP contribution is -2.60. The number of hydrogen-bond donors (Lipinski definition) is 2. The number of carbonyl (C=O) groups is 1. The van der Waals surface area contributed by atoms with Gasteiger partial charge in [0.05, 0.1) is 24.0 Å². The Morgan fingerprint density at radius 3 is 2.96 bits per heavy atom. The van der Waals surface area contributed by atoms with E-state index in [2.05, 4.69) is 26.6 Å². The molecule has 1 saturated heterocycles. The Balaban J connectivity index is 1.55. The molecular weight excluding hydrogens is 318 g/mol. The smallest absolute Gasteiger partial charge is 0.410 e. The molecule has 0 saturated carbocycles. The highest BCUT2D eigenvalue weighted by Gasteiger charge is 2.38. The van der Waals surface area contributed by atoms with E-state index in [-0.39, 0.29) is 12.1 Å². The Bertz CT molecular complexity index is 724. The van der Waals surface area contributed by atoms with Gasteiger partial charge in [0.2, 0.25) is 0 Å². The maximum Gasteiger partial charge on any atom is 0.410 e. The third-order valence-electron chi connectivity index (χ3n) is 4.75. The fourth-order valence-electron chi connectivity index (χ4n) is 3.69. The van der Waals surface area contributed by atoms with Crippen LogP contribution >= 0.6 is 0 Å². The standard InChI is InChI=1S/C18H25N5O2/c1-18(2,3)25-17(24)22-7-8-23-12(11-22)9-20-14-10-21-16-13(15(14)23)5-4-6-19-16/h4-6,12,20H,7-11H2,1-3H3,(H,19,21). The number of rotatable bonds is 0. The van der Waals surface area contributed by atoms with Crippen molar-refractivity contribution >= 4 is 17.6 Å². The molecule has 0 bridgehead atoms. The molecule has 4 heterocycles. The summed E-state index contributed by atoms with van der Waals surface area (Å²) in [7, 11) is 0. The van der Waals surface area contributed by atoms with Gasteiger partial charge < -0.3 is 25.2 Å². The van der Waals surface area contributed by atoms with Gasteiger partial charge in [-0.3, -0.25) is 0 Å². The molecule has 1 aromatic rings. The minimum absolute atomic E-state index is 0.223. The quantitative estimate of drug-likeness (QED) is 0.747. The van der Waals surface area contributed by atoms with Gasteiger partial charge in [-0.25, -0.2) is 9.78 Å². The number of pyridine rings is 1. The molecule has 0 aromatic carbocycles. The molecule has 7 heteroatoms. The first-order chi connectivity index (χ1) is 11.9. The Morgan fingerprint density at radius 2 is 2.16 bits per heavy atom. The van der Waals surface area contributed by atoms with Crippen molar-refractivity contribution in [3.05, 3.63) is 29.6 Å². The third kappa shape index (κ3) is 2.99. The molecule has 134 valence electrons. The number of anilines is 1. The maximum atomic E-state index is 12.4. The van der Waals surface area contributed by atoms with Crippen LogP contribution in [0.15, 0.2) is 24.0 Å². The fraction of sp³-hybridized carbons (Fsp3) is 0.556. The van der Waals surface area contributed by atoms with Gasteiger partial charge in [0, 0.05) is 37.9 Å². The second-order valence-corrected chi connectivity index (χ2v) is 7.73. The number of carbonyl (C=O) groups excluding carboxylic acids is 1. The van der Waals surface area contributed by atoms with Gasteiger partial charge in [0.15, 0.2) is 0 Å². The van der Waals surface area contributed by atoms with Crippen LogP contribution in [-0.4, -0.2) is 65.2 Å². The van der Waals surface area contributed by atoms with E-state index in [0.717, 1.165) is 31.0 Å². The summed E-state index contributed by atoms with van der Waals surface area (Å²) < 4.78 is 5.54. The molecule has 1 unspecified atom stereocenters. The van der Waals surface area contributed by atoms with E-state index >= 15 is 0 Å². The second-order valence-electron chi connectivity index (χ2n) is 7.73. The minimum atomic E-state index is -0.464. The van der Waals surface area contributed by atoms with Crippen LogP contribution in [0.5, 0.6) is 0 Å². The lowest BCUT2D eigenvalue weighted by atomic mass is 9.99. The first-order valence-corrected chi connectivity index (χ1v) is 8.83. The van der Waals surface area contributed by atoms with Gasteiger partial charge in [-0.2, -0.15) is 0 Å². The lowest BCUT2D eigenvalue weighted by molar-refractivity contribution is 0.0105. The molecule has 1 amide bonds. The number of amides is 1. The molecule has 0 spiro atoms. The van der Waals surface area contributed by atoms with Crippen LogP contribution < -0.4 is 10.6 Å². The highest BCUT2D eigenvalue weighted by Crippen LogP contribution is 2.35. The van der Waals surface area contributed by atoms with Crippen molar-refractivity contribution in [2.24, 2.45) is 0 Å². The number of hydrogen-bond acceptors (Lipinski definition) is 6. The van der Waals surface area contributed by atoms with Crippen LogP contribution in [0.4, 0.5) is 10.6 Å². The summed E-state index contributed by atoms with van der Waals surface area (Å²) in [6.07, 6.45) is 1.59. The molecule has 3 aliphatic heterocycles. The van der Waals surface area contributed by atoms with Crippen LogP contribution in [0, 0.1) is 0 Å². The fourth-order valence-corrected chi connectivity index (χ4v) is 3.69. The number of nitrogens with one attached hydrogen (secondary N) is 2. The highest BCUT2D eigenvalue weighted by molar-refractivity contribution is 5.79. The zero-order chi connectivity index (χ0) is 17.6. The summed E-state index contributed by atoms with van der Waals surface area (Å²) in [5.74, 6) is 0.929. The van der Waals surface area contributed by atoms with Crippen LogP contribution in [0.1, 0.15) is 26.3 Å². The Morgan fingerprint density at radius 1 is 1.32 bits per heavy atom. The van der Waals surface area contributed by atoms with Crippen LogP contribution in [-0.2, 0) is 4.74 Å². The van der Waals surface area contributed by atoms with Gasteiger partial charge in [-0.15, -0.1) is 0 Å². The summed E-state index contributed by atoms with van der Waals surface area (Å²) in [5.41, 5.74) is 3.10. The zero-order valence-electron chi connectivity index (χ0n) is 15.0. The van der Waals surface area contributed by atoms with Crippen molar-refractivity contribution in [2.45, 2.75) is 32.4 Å². The zero-order valence-corrected chi connectivity index (χ0v) is 15.0. The molecule has 1 fully saturated rings. The number of aromatic nitrogens is 1. The van der Waals surface area contributed by atoms with Crippen molar-refractivity contribution < 1.29 is 9.53 Å². The van der Waals surface area contributed by atoms with E-state index in [4.69, 9.17) is 4.74 Å². The third-order valence-corrected chi connectivity index (χ3v) is 4.75. The number of fused-ring (bicyclic) bond motifs is 4. The summed E-state index contributed by atoms with van der Waals surface area (Å²) in [6, 6.07) is 4.32. The molecule has 0 aliphatic carbocycles. The largest absolute Gasteiger partial charge is 0.444 e. The Labute approximate surface area is 148 Å². The second kappa shape index (κ2) is 5.82. The SMILES string of the molecule is CC(C)(C)OC(=O)N1CCN2C3=C(CNc4ncccc43)NCC2C1. The van der Waals surface area contributed by atoms with E-state index in [1.165, 1.54) is 11.4 Å².